The van der Waals surface area contributed by atoms with Crippen LogP contribution in [0.1, 0.15) is 32.6 Å². The molecule has 6 nitrogen and oxygen atoms in total. The topological polar surface area (TPSA) is 73.5 Å². The van der Waals surface area contributed by atoms with Gasteiger partial charge in [-0.1, -0.05) is 37.3 Å². The van der Waals surface area contributed by atoms with E-state index in [4.69, 9.17) is 0 Å². The predicted molar refractivity (Wildman–Crippen MR) is 132 cm³/mol. The van der Waals surface area contributed by atoms with Crippen LogP contribution < -0.4 is 16.0 Å². The second-order valence-electron chi connectivity index (χ2n) is 7.83. The van der Waals surface area contributed by atoms with Gasteiger partial charge in [-0.25, -0.2) is 13.6 Å². The smallest absolute Gasteiger partial charge is 0.323 e. The molecule has 2 rings (SSSR count). The van der Waals surface area contributed by atoms with Crippen molar-refractivity contribution >= 4 is 17.6 Å². The van der Waals surface area contributed by atoms with Gasteiger partial charge < -0.3 is 20.9 Å². The lowest BCUT2D eigenvalue weighted by molar-refractivity contribution is -0.117. The Hall–Kier alpha value is -3.68. The van der Waals surface area contributed by atoms with Gasteiger partial charge in [-0.05, 0) is 43.2 Å². The molecule has 0 fully saturated rings. The summed E-state index contributed by atoms with van der Waals surface area (Å²) < 4.78 is 26.7. The van der Waals surface area contributed by atoms with E-state index in [0.717, 1.165) is 0 Å². The molecule has 1 aromatic rings. The quantitative estimate of drug-likeness (QED) is 0.320. The number of nitrogens with one attached hydrogen (secondary N) is 3. The van der Waals surface area contributed by atoms with Crippen LogP contribution in [0.25, 0.3) is 0 Å². The number of carbonyl (C=O) groups excluding carboxylic acids is 2. The van der Waals surface area contributed by atoms with Crippen LogP contribution in [0, 0.1) is 5.82 Å². The van der Waals surface area contributed by atoms with Gasteiger partial charge in [0.05, 0.1) is 11.4 Å². The fraction of sp³-hybridized carbons (Fsp3) is 0.308. The van der Waals surface area contributed by atoms with Crippen LogP contribution in [0.15, 0.2) is 83.5 Å². The van der Waals surface area contributed by atoms with Gasteiger partial charge in [-0.15, -0.1) is 0 Å². The number of urea groups is 1. The number of allylic oxidation sites excluding steroid dienone is 6. The number of amides is 3. The average molecular weight is 471 g/mol. The average Bonchev–Trinajstić information content (AvgIpc) is 2.99. The van der Waals surface area contributed by atoms with Crippen LogP contribution in [0.5, 0.6) is 0 Å². The fourth-order valence-corrected chi connectivity index (χ4v) is 3.20. The lowest BCUT2D eigenvalue weighted by Crippen LogP contribution is -2.29. The fourth-order valence-electron chi connectivity index (χ4n) is 3.20. The van der Waals surface area contributed by atoms with Gasteiger partial charge in [0.15, 0.2) is 0 Å². The maximum absolute atomic E-state index is 13.3. The first kappa shape index (κ1) is 26.6. The number of rotatable bonds is 10. The summed E-state index contributed by atoms with van der Waals surface area (Å²) in [6, 6.07) is 5.11. The highest BCUT2D eigenvalue weighted by molar-refractivity contribution is 5.98. The van der Waals surface area contributed by atoms with Gasteiger partial charge in [0.25, 0.3) is 5.91 Å². The zero-order valence-electron chi connectivity index (χ0n) is 19.8. The molecular formula is C26H32F2N4O2. The number of benzene rings is 1. The van der Waals surface area contributed by atoms with Crippen LogP contribution in [0.4, 0.5) is 19.3 Å². The van der Waals surface area contributed by atoms with E-state index in [9.17, 15) is 18.4 Å². The van der Waals surface area contributed by atoms with Crippen molar-refractivity contribution in [1.82, 2.24) is 15.5 Å². The molecule has 1 aromatic carbocycles. The van der Waals surface area contributed by atoms with E-state index in [1.807, 2.05) is 32.0 Å². The summed E-state index contributed by atoms with van der Waals surface area (Å²) >= 11 is 0. The van der Waals surface area contributed by atoms with E-state index >= 15 is 0 Å². The summed E-state index contributed by atoms with van der Waals surface area (Å²) in [7, 11) is 3.66. The molecule has 34 heavy (non-hydrogen) atoms. The van der Waals surface area contributed by atoms with Gasteiger partial charge in [0.1, 0.15) is 5.82 Å². The molecule has 0 spiro atoms. The van der Waals surface area contributed by atoms with Crippen LogP contribution in [-0.4, -0.2) is 37.5 Å². The number of nitrogens with zero attached hydrogens (tertiary/aromatic N) is 1. The van der Waals surface area contributed by atoms with E-state index in [2.05, 4.69) is 16.0 Å². The Bertz CT molecular complexity index is 1020. The summed E-state index contributed by atoms with van der Waals surface area (Å²) in [5, 5.41) is 8.20. The molecular weight excluding hydrogens is 438 g/mol. The van der Waals surface area contributed by atoms with E-state index < -0.39 is 11.8 Å². The van der Waals surface area contributed by atoms with Crippen molar-refractivity contribution in [3.05, 3.63) is 89.3 Å². The van der Waals surface area contributed by atoms with Crippen molar-refractivity contribution in [2.24, 2.45) is 0 Å². The molecule has 1 aliphatic carbocycles. The zero-order valence-corrected chi connectivity index (χ0v) is 19.8. The number of hydrogen-bond donors (Lipinski definition) is 3. The molecule has 182 valence electrons. The molecule has 0 saturated heterocycles. The first-order chi connectivity index (χ1) is 16.3. The highest BCUT2D eigenvalue weighted by atomic mass is 19.1. The standard InChI is InChI=1S/C26H32F2N4O2/c1-4-9-19(27)10-6-5-7-17-29-25(33)23-15-13-21(14-16-24(23)32(2)3)30-26(34)31-22-12-8-11-20(28)18-22/h5-6,8-9,11-12,14-16,18H,4,7,10,13,17H2,1-3H3,(H,29,33)(H2,30,31,34)/b6-5-,19-9+. The number of anilines is 1. The second-order valence-corrected chi connectivity index (χ2v) is 7.83. The number of likely N-dealkylation sites (N-methyl/N-ethyl adjacent to an activating group) is 1. The van der Waals surface area contributed by atoms with E-state index in [-0.39, 0.29) is 18.2 Å². The molecule has 1 aliphatic rings. The van der Waals surface area contributed by atoms with E-state index in [1.54, 1.807) is 36.4 Å². The number of halogens is 2. The van der Waals surface area contributed by atoms with Crippen LogP contribution in [0.2, 0.25) is 0 Å². The summed E-state index contributed by atoms with van der Waals surface area (Å²) in [6.45, 7) is 2.30. The van der Waals surface area contributed by atoms with Crippen molar-refractivity contribution < 1.29 is 18.4 Å². The molecule has 0 radical (unpaired) electrons. The Morgan fingerprint density at radius 3 is 2.65 bits per heavy atom. The minimum absolute atomic E-state index is 0.159. The Kier molecular flexibility index (Phi) is 10.8. The first-order valence-electron chi connectivity index (χ1n) is 11.2. The van der Waals surface area contributed by atoms with Crippen molar-refractivity contribution in [2.45, 2.75) is 32.6 Å². The number of carbonyl (C=O) groups is 2. The SMILES string of the molecule is CC/C=C(/F)C/C=C\CCNC(=O)C1=CCC(NC(=O)Nc2cccc(F)c2)=CC=C1N(C)C. The minimum Gasteiger partial charge on any atom is -0.377 e. The highest BCUT2D eigenvalue weighted by Crippen LogP contribution is 2.20. The normalized spacial score (nSPS) is 14.0. The third-order valence-electron chi connectivity index (χ3n) is 4.83. The second kappa shape index (κ2) is 13.8. The summed E-state index contributed by atoms with van der Waals surface area (Å²) in [4.78, 5) is 26.9. The van der Waals surface area contributed by atoms with E-state index in [0.29, 0.717) is 48.5 Å². The summed E-state index contributed by atoms with van der Waals surface area (Å²) in [6.07, 6.45) is 12.2. The largest absolute Gasteiger partial charge is 0.377 e. The molecule has 0 aromatic heterocycles. The molecule has 3 amide bonds. The summed E-state index contributed by atoms with van der Waals surface area (Å²) in [5.74, 6) is -0.836. The molecule has 0 heterocycles. The Morgan fingerprint density at radius 1 is 1.15 bits per heavy atom. The third-order valence-corrected chi connectivity index (χ3v) is 4.83. The Labute approximate surface area is 199 Å². The van der Waals surface area contributed by atoms with Gasteiger partial charge in [0.2, 0.25) is 0 Å². The highest BCUT2D eigenvalue weighted by Gasteiger charge is 2.18. The Balaban J connectivity index is 1.94. The maximum Gasteiger partial charge on any atom is 0.323 e. The molecule has 0 bridgehead atoms. The van der Waals surface area contributed by atoms with Crippen molar-refractivity contribution in [1.29, 1.82) is 0 Å². The summed E-state index contributed by atoms with van der Waals surface area (Å²) in [5.41, 5.74) is 2.11. The Morgan fingerprint density at radius 2 is 1.94 bits per heavy atom. The molecule has 0 unspecified atom stereocenters. The minimum atomic E-state index is -0.505. The number of hydrogen-bond acceptors (Lipinski definition) is 3. The van der Waals surface area contributed by atoms with Crippen LogP contribution in [-0.2, 0) is 4.79 Å². The molecule has 0 saturated carbocycles. The maximum atomic E-state index is 13.3. The van der Waals surface area contributed by atoms with Gasteiger partial charge in [-0.3, -0.25) is 4.79 Å². The predicted octanol–water partition coefficient (Wildman–Crippen LogP) is 5.32. The third kappa shape index (κ3) is 9.05. The molecule has 0 aliphatic heterocycles. The lowest BCUT2D eigenvalue weighted by atomic mass is 10.1. The van der Waals surface area contributed by atoms with Gasteiger partial charge >= 0.3 is 6.03 Å². The van der Waals surface area contributed by atoms with Crippen LogP contribution in [0.3, 0.4) is 0 Å². The monoisotopic (exact) mass is 470 g/mol. The van der Waals surface area contributed by atoms with Crippen LogP contribution >= 0.6 is 0 Å². The zero-order chi connectivity index (χ0) is 24.9. The molecule has 8 heteroatoms. The van der Waals surface area contributed by atoms with Gasteiger partial charge in [-0.2, -0.15) is 0 Å². The van der Waals surface area contributed by atoms with Crippen molar-refractivity contribution in [3.63, 3.8) is 0 Å². The van der Waals surface area contributed by atoms with Crippen molar-refractivity contribution in [2.75, 3.05) is 26.0 Å². The lowest BCUT2D eigenvalue weighted by Gasteiger charge is -2.19. The first-order valence-corrected chi connectivity index (χ1v) is 11.2. The van der Waals surface area contributed by atoms with Gasteiger partial charge in [0, 0.05) is 50.6 Å². The molecule has 0 atom stereocenters. The van der Waals surface area contributed by atoms with E-state index in [1.165, 1.54) is 18.2 Å². The molecule has 3 N–H and O–H groups in total. The van der Waals surface area contributed by atoms with Crippen molar-refractivity contribution in [3.8, 4) is 0 Å².